The van der Waals surface area contributed by atoms with Gasteiger partial charge in [0.05, 0.1) is 25.0 Å². The first kappa shape index (κ1) is 18.9. The number of carbonyl (C=O) groups is 2. The second-order valence-electron chi connectivity index (χ2n) is 6.65. The molecule has 2 atom stereocenters. The summed E-state index contributed by atoms with van der Waals surface area (Å²) in [5.41, 5.74) is -1.48. The standard InChI is InChI=1S/C14H26O6/c1-13(2,3)19-11(17)9(7-15)10(8-16)12(18)20-14(4,5)6/h9-10,15-16H,7-8H2,1-6H3/t9-,10-/m1/s1. The number of carbonyl (C=O) groups excluding carboxylic acids is 2. The fourth-order valence-corrected chi connectivity index (χ4v) is 1.49. The molecule has 0 unspecified atom stereocenters. The van der Waals surface area contributed by atoms with Crippen molar-refractivity contribution < 1.29 is 29.3 Å². The van der Waals surface area contributed by atoms with Crippen molar-refractivity contribution in [3.8, 4) is 0 Å². The number of rotatable bonds is 5. The molecule has 6 nitrogen and oxygen atoms in total. The zero-order valence-corrected chi connectivity index (χ0v) is 13.1. The van der Waals surface area contributed by atoms with Crippen molar-refractivity contribution in [2.45, 2.75) is 52.7 Å². The van der Waals surface area contributed by atoms with E-state index in [1.54, 1.807) is 41.5 Å². The minimum atomic E-state index is -1.14. The molecule has 0 fully saturated rings. The van der Waals surface area contributed by atoms with Gasteiger partial charge in [-0.3, -0.25) is 9.59 Å². The van der Waals surface area contributed by atoms with Gasteiger partial charge in [0.1, 0.15) is 11.2 Å². The maximum Gasteiger partial charge on any atom is 0.312 e. The molecule has 118 valence electrons. The van der Waals surface area contributed by atoms with Crippen LogP contribution >= 0.6 is 0 Å². The Labute approximate surface area is 120 Å². The molecule has 0 bridgehead atoms. The molecule has 0 aromatic rings. The van der Waals surface area contributed by atoms with E-state index in [0.717, 1.165) is 0 Å². The molecule has 0 aliphatic carbocycles. The molecule has 0 radical (unpaired) electrons. The minimum absolute atomic E-state index is 0.598. The second kappa shape index (κ2) is 7.04. The molecule has 6 heteroatoms. The summed E-state index contributed by atoms with van der Waals surface area (Å²) in [6.45, 7) is 8.89. The van der Waals surface area contributed by atoms with E-state index in [0.29, 0.717) is 0 Å². The van der Waals surface area contributed by atoms with Gasteiger partial charge < -0.3 is 19.7 Å². The molecule has 0 heterocycles. The Morgan fingerprint density at radius 3 is 1.20 bits per heavy atom. The predicted molar refractivity (Wildman–Crippen MR) is 72.8 cm³/mol. The van der Waals surface area contributed by atoms with Gasteiger partial charge in [-0.05, 0) is 41.5 Å². The van der Waals surface area contributed by atoms with Crippen molar-refractivity contribution >= 4 is 11.9 Å². The Hall–Kier alpha value is -1.14. The number of aliphatic hydroxyl groups excluding tert-OH is 2. The van der Waals surface area contributed by atoms with Gasteiger partial charge in [-0.2, -0.15) is 0 Å². The maximum absolute atomic E-state index is 12.0. The van der Waals surface area contributed by atoms with Gasteiger partial charge in [-0.15, -0.1) is 0 Å². The summed E-state index contributed by atoms with van der Waals surface area (Å²) in [7, 11) is 0. The lowest BCUT2D eigenvalue weighted by Gasteiger charge is -2.28. The Kier molecular flexibility index (Phi) is 6.64. The van der Waals surface area contributed by atoms with Crippen LogP contribution in [-0.4, -0.2) is 46.6 Å². The molecule has 0 rings (SSSR count). The lowest BCUT2D eigenvalue weighted by molar-refractivity contribution is -0.176. The summed E-state index contributed by atoms with van der Waals surface area (Å²) in [6, 6.07) is 0. The van der Waals surface area contributed by atoms with Gasteiger partial charge in [0, 0.05) is 0 Å². The second-order valence-corrected chi connectivity index (χ2v) is 6.65. The molecule has 0 amide bonds. The molecule has 2 N–H and O–H groups in total. The van der Waals surface area contributed by atoms with Crippen LogP contribution in [0, 0.1) is 11.8 Å². The fraction of sp³-hybridized carbons (Fsp3) is 0.857. The van der Waals surface area contributed by atoms with E-state index in [1.165, 1.54) is 0 Å². The highest BCUT2D eigenvalue weighted by atomic mass is 16.6. The van der Waals surface area contributed by atoms with Crippen LogP contribution in [0.2, 0.25) is 0 Å². The molecule has 0 saturated carbocycles. The van der Waals surface area contributed by atoms with Crippen molar-refractivity contribution in [3.05, 3.63) is 0 Å². The molecule has 20 heavy (non-hydrogen) atoms. The van der Waals surface area contributed by atoms with Gasteiger partial charge in [0.2, 0.25) is 0 Å². The Morgan fingerprint density at radius 1 is 0.800 bits per heavy atom. The highest BCUT2D eigenvalue weighted by molar-refractivity contribution is 5.82. The van der Waals surface area contributed by atoms with Crippen molar-refractivity contribution in [3.63, 3.8) is 0 Å². The molecular formula is C14H26O6. The highest BCUT2D eigenvalue weighted by Crippen LogP contribution is 2.21. The van der Waals surface area contributed by atoms with Gasteiger partial charge in [0.15, 0.2) is 0 Å². The number of aliphatic hydroxyl groups is 2. The maximum atomic E-state index is 12.0. The molecule has 0 aliphatic heterocycles. The van der Waals surface area contributed by atoms with Crippen LogP contribution in [0.3, 0.4) is 0 Å². The quantitative estimate of drug-likeness (QED) is 0.730. The Balaban J connectivity index is 4.99. The lowest BCUT2D eigenvalue weighted by Crippen LogP contribution is -2.41. The third-order valence-corrected chi connectivity index (χ3v) is 2.30. The summed E-state index contributed by atoms with van der Waals surface area (Å²) in [5.74, 6) is -3.75. The molecule has 0 aromatic carbocycles. The third-order valence-electron chi connectivity index (χ3n) is 2.30. The van der Waals surface area contributed by atoms with Crippen molar-refractivity contribution in [2.24, 2.45) is 11.8 Å². The van der Waals surface area contributed by atoms with Gasteiger partial charge in [0.25, 0.3) is 0 Å². The van der Waals surface area contributed by atoms with Crippen molar-refractivity contribution in [1.29, 1.82) is 0 Å². The molecule has 0 aliphatic rings. The van der Waals surface area contributed by atoms with Gasteiger partial charge in [-0.25, -0.2) is 0 Å². The zero-order chi connectivity index (χ0) is 16.1. The lowest BCUT2D eigenvalue weighted by atomic mass is 9.93. The highest BCUT2D eigenvalue weighted by Gasteiger charge is 2.38. The van der Waals surface area contributed by atoms with Crippen LogP contribution in [0.4, 0.5) is 0 Å². The van der Waals surface area contributed by atoms with E-state index in [2.05, 4.69) is 0 Å². The first-order chi connectivity index (χ1) is 8.91. The number of hydrogen-bond donors (Lipinski definition) is 2. The number of esters is 2. The average Bonchev–Trinajstić information content (AvgIpc) is 2.19. The number of ether oxygens (including phenoxy) is 2. The third kappa shape index (κ3) is 6.86. The van der Waals surface area contributed by atoms with Gasteiger partial charge in [-0.1, -0.05) is 0 Å². The predicted octanol–water partition coefficient (Wildman–Crippen LogP) is 0.887. The van der Waals surface area contributed by atoms with Crippen LogP contribution in [0.25, 0.3) is 0 Å². The topological polar surface area (TPSA) is 93.1 Å². The van der Waals surface area contributed by atoms with Crippen LogP contribution in [0.5, 0.6) is 0 Å². The van der Waals surface area contributed by atoms with E-state index in [-0.39, 0.29) is 0 Å². The molecule has 0 saturated heterocycles. The monoisotopic (exact) mass is 290 g/mol. The SMILES string of the molecule is CC(C)(C)OC(=O)[C@H](CO)[C@@H](CO)C(=O)OC(C)(C)C. The van der Waals surface area contributed by atoms with Crippen molar-refractivity contribution in [1.82, 2.24) is 0 Å². The van der Waals surface area contributed by atoms with Gasteiger partial charge >= 0.3 is 11.9 Å². The summed E-state index contributed by atoms with van der Waals surface area (Å²) in [5, 5.41) is 18.6. The van der Waals surface area contributed by atoms with Crippen LogP contribution in [0.15, 0.2) is 0 Å². The first-order valence-corrected chi connectivity index (χ1v) is 6.58. The smallest absolute Gasteiger partial charge is 0.312 e. The molecule has 0 aromatic heterocycles. The number of hydrogen-bond acceptors (Lipinski definition) is 6. The van der Waals surface area contributed by atoms with E-state index < -0.39 is 48.2 Å². The fourth-order valence-electron chi connectivity index (χ4n) is 1.49. The normalized spacial score (nSPS) is 15.4. The van der Waals surface area contributed by atoms with Crippen LogP contribution < -0.4 is 0 Å². The largest absolute Gasteiger partial charge is 0.460 e. The van der Waals surface area contributed by atoms with Crippen LogP contribution in [-0.2, 0) is 19.1 Å². The van der Waals surface area contributed by atoms with E-state index >= 15 is 0 Å². The Bertz CT molecular complexity index is 303. The first-order valence-electron chi connectivity index (χ1n) is 6.58. The summed E-state index contributed by atoms with van der Waals surface area (Å²) in [6.07, 6.45) is 0. The molecular weight excluding hydrogens is 264 g/mol. The summed E-state index contributed by atoms with van der Waals surface area (Å²) < 4.78 is 10.3. The molecule has 0 spiro atoms. The van der Waals surface area contributed by atoms with E-state index in [1.807, 2.05) is 0 Å². The Morgan fingerprint density at radius 2 is 1.05 bits per heavy atom. The average molecular weight is 290 g/mol. The van der Waals surface area contributed by atoms with E-state index in [4.69, 9.17) is 9.47 Å². The summed E-state index contributed by atoms with van der Waals surface area (Å²) in [4.78, 5) is 23.9. The van der Waals surface area contributed by atoms with Crippen LogP contribution in [0.1, 0.15) is 41.5 Å². The van der Waals surface area contributed by atoms with Crippen molar-refractivity contribution in [2.75, 3.05) is 13.2 Å². The zero-order valence-electron chi connectivity index (χ0n) is 13.1. The summed E-state index contributed by atoms with van der Waals surface area (Å²) >= 11 is 0. The minimum Gasteiger partial charge on any atom is -0.460 e. The van der Waals surface area contributed by atoms with E-state index in [9.17, 15) is 19.8 Å².